The van der Waals surface area contributed by atoms with Gasteiger partial charge in [0.15, 0.2) is 0 Å². The van der Waals surface area contributed by atoms with Gasteiger partial charge in [-0.25, -0.2) is 0 Å². The number of amides is 1. The highest BCUT2D eigenvalue weighted by Gasteiger charge is 2.19. The van der Waals surface area contributed by atoms with Crippen LogP contribution in [0, 0.1) is 12.3 Å². The van der Waals surface area contributed by atoms with Crippen LogP contribution in [-0.4, -0.2) is 48.2 Å². The molecule has 1 amide bonds. The molecule has 0 fully saturated rings. The Morgan fingerprint density at radius 2 is 2.27 bits per heavy atom. The number of rotatable bonds is 7. The summed E-state index contributed by atoms with van der Waals surface area (Å²) in [6.07, 6.45) is 6.00. The monoisotopic (exact) mass is 212 g/mol. The molecule has 0 aromatic rings. The first kappa shape index (κ1) is 13.9. The maximum Gasteiger partial charge on any atom is 0.237 e. The molecule has 0 saturated heterocycles. The summed E-state index contributed by atoms with van der Waals surface area (Å²) in [6, 6.07) is -0.245. The Labute approximate surface area is 91.7 Å². The fraction of sp³-hybridized carbons (Fsp3) is 0.727. The molecular weight excluding hydrogens is 192 g/mol. The van der Waals surface area contributed by atoms with E-state index < -0.39 is 0 Å². The first-order valence-electron chi connectivity index (χ1n) is 5.23. The van der Waals surface area contributed by atoms with E-state index in [0.29, 0.717) is 6.54 Å². The third-order valence-electron chi connectivity index (χ3n) is 2.19. The Morgan fingerprint density at radius 1 is 1.60 bits per heavy atom. The molecule has 0 aliphatic rings. The maximum absolute atomic E-state index is 11.6. The zero-order valence-corrected chi connectivity index (χ0v) is 9.49. The Morgan fingerprint density at radius 3 is 2.73 bits per heavy atom. The van der Waals surface area contributed by atoms with Gasteiger partial charge in [-0.05, 0) is 19.9 Å². The maximum atomic E-state index is 11.6. The van der Waals surface area contributed by atoms with E-state index in [1.54, 1.807) is 0 Å². The first-order chi connectivity index (χ1) is 7.17. The summed E-state index contributed by atoms with van der Waals surface area (Å²) in [5.41, 5.74) is 0. The molecule has 2 N–H and O–H groups in total. The van der Waals surface area contributed by atoms with E-state index in [-0.39, 0.29) is 25.1 Å². The van der Waals surface area contributed by atoms with E-state index in [0.717, 1.165) is 13.0 Å². The van der Waals surface area contributed by atoms with E-state index >= 15 is 0 Å². The summed E-state index contributed by atoms with van der Waals surface area (Å²) in [7, 11) is 0. The van der Waals surface area contributed by atoms with Gasteiger partial charge in [-0.2, -0.15) is 0 Å². The number of hydrogen-bond donors (Lipinski definition) is 2. The average molecular weight is 212 g/mol. The van der Waals surface area contributed by atoms with Gasteiger partial charge in [-0.15, -0.1) is 6.42 Å². The van der Waals surface area contributed by atoms with Crippen molar-refractivity contribution in [2.24, 2.45) is 0 Å². The molecule has 4 heteroatoms. The third kappa shape index (κ3) is 5.40. The minimum absolute atomic E-state index is 0.0623. The molecule has 0 rings (SSSR count). The van der Waals surface area contributed by atoms with Gasteiger partial charge in [0.25, 0.3) is 0 Å². The second kappa shape index (κ2) is 8.27. The van der Waals surface area contributed by atoms with Crippen molar-refractivity contribution < 1.29 is 9.90 Å². The average Bonchev–Trinajstić information content (AvgIpc) is 2.24. The first-order valence-corrected chi connectivity index (χ1v) is 5.23. The van der Waals surface area contributed by atoms with E-state index in [9.17, 15) is 4.79 Å². The molecule has 1 atom stereocenters. The van der Waals surface area contributed by atoms with Gasteiger partial charge in [0, 0.05) is 6.54 Å². The van der Waals surface area contributed by atoms with Crippen molar-refractivity contribution in [2.75, 3.05) is 26.2 Å². The largest absolute Gasteiger partial charge is 0.395 e. The van der Waals surface area contributed by atoms with Crippen LogP contribution in [0.1, 0.15) is 20.3 Å². The molecule has 15 heavy (non-hydrogen) atoms. The topological polar surface area (TPSA) is 52.6 Å². The lowest BCUT2D eigenvalue weighted by molar-refractivity contribution is -0.125. The molecule has 0 heterocycles. The number of carbonyl (C=O) groups excluding carboxylic acids is 1. The quantitative estimate of drug-likeness (QED) is 0.576. The Balaban J connectivity index is 4.15. The minimum atomic E-state index is -0.245. The van der Waals surface area contributed by atoms with Crippen LogP contribution in [0.25, 0.3) is 0 Å². The zero-order valence-electron chi connectivity index (χ0n) is 9.49. The van der Waals surface area contributed by atoms with E-state index in [4.69, 9.17) is 11.5 Å². The SMILES string of the molecule is C#CCNC(=O)C(C)N(CCC)CCO. The summed E-state index contributed by atoms with van der Waals surface area (Å²) >= 11 is 0. The van der Waals surface area contributed by atoms with Gasteiger partial charge in [0.2, 0.25) is 5.91 Å². The smallest absolute Gasteiger partial charge is 0.237 e. The number of nitrogens with one attached hydrogen (secondary N) is 1. The van der Waals surface area contributed by atoms with Gasteiger partial charge in [0.1, 0.15) is 0 Å². The Bertz CT molecular complexity index is 217. The Kier molecular flexibility index (Phi) is 7.69. The summed E-state index contributed by atoms with van der Waals surface area (Å²) in [5, 5.41) is 11.5. The summed E-state index contributed by atoms with van der Waals surface area (Å²) < 4.78 is 0. The Hall–Kier alpha value is -1.05. The van der Waals surface area contributed by atoms with Crippen LogP contribution < -0.4 is 5.32 Å². The fourth-order valence-electron chi connectivity index (χ4n) is 1.37. The van der Waals surface area contributed by atoms with Crippen LogP contribution in [0.2, 0.25) is 0 Å². The standard InChI is InChI=1S/C11H20N2O2/c1-4-6-12-11(15)10(3)13(7-5-2)8-9-14/h1,10,14H,5-9H2,2-3H3,(H,12,15). The second-order valence-corrected chi connectivity index (χ2v) is 3.36. The molecule has 0 spiro atoms. The van der Waals surface area contributed by atoms with Crippen molar-refractivity contribution in [3.05, 3.63) is 0 Å². The predicted molar refractivity (Wildman–Crippen MR) is 60.3 cm³/mol. The number of terminal acetylenes is 1. The molecule has 0 aliphatic heterocycles. The summed E-state index contributed by atoms with van der Waals surface area (Å²) in [6.45, 7) is 5.48. The zero-order chi connectivity index (χ0) is 11.7. The molecule has 0 bridgehead atoms. The molecule has 0 aromatic heterocycles. The number of aliphatic hydroxyl groups is 1. The van der Waals surface area contributed by atoms with Crippen molar-refractivity contribution in [3.63, 3.8) is 0 Å². The highest BCUT2D eigenvalue weighted by molar-refractivity contribution is 5.81. The van der Waals surface area contributed by atoms with Crippen molar-refractivity contribution in [2.45, 2.75) is 26.3 Å². The van der Waals surface area contributed by atoms with Crippen LogP contribution in [0.15, 0.2) is 0 Å². The lowest BCUT2D eigenvalue weighted by Gasteiger charge is -2.26. The second-order valence-electron chi connectivity index (χ2n) is 3.36. The molecule has 4 nitrogen and oxygen atoms in total. The van der Waals surface area contributed by atoms with Crippen LogP contribution >= 0.6 is 0 Å². The van der Waals surface area contributed by atoms with Crippen molar-refractivity contribution in [1.29, 1.82) is 0 Å². The van der Waals surface area contributed by atoms with Crippen LogP contribution in [0.5, 0.6) is 0 Å². The third-order valence-corrected chi connectivity index (χ3v) is 2.19. The van der Waals surface area contributed by atoms with Gasteiger partial charge >= 0.3 is 0 Å². The number of carbonyl (C=O) groups is 1. The van der Waals surface area contributed by atoms with Gasteiger partial charge in [-0.1, -0.05) is 12.8 Å². The number of hydrogen-bond acceptors (Lipinski definition) is 3. The highest BCUT2D eigenvalue weighted by atomic mass is 16.3. The van der Waals surface area contributed by atoms with E-state index in [1.165, 1.54) is 0 Å². The molecule has 0 radical (unpaired) electrons. The van der Waals surface area contributed by atoms with Crippen LogP contribution in [0.3, 0.4) is 0 Å². The van der Waals surface area contributed by atoms with Crippen LogP contribution in [0.4, 0.5) is 0 Å². The van der Waals surface area contributed by atoms with Gasteiger partial charge < -0.3 is 10.4 Å². The fourth-order valence-corrected chi connectivity index (χ4v) is 1.37. The highest BCUT2D eigenvalue weighted by Crippen LogP contribution is 2.00. The molecule has 86 valence electrons. The number of aliphatic hydroxyl groups excluding tert-OH is 1. The molecular formula is C11H20N2O2. The van der Waals surface area contributed by atoms with Crippen LogP contribution in [-0.2, 0) is 4.79 Å². The molecule has 0 saturated carbocycles. The predicted octanol–water partition coefficient (Wildman–Crippen LogP) is -0.171. The van der Waals surface area contributed by atoms with Gasteiger partial charge in [-0.3, -0.25) is 9.69 Å². The van der Waals surface area contributed by atoms with Crippen molar-refractivity contribution in [1.82, 2.24) is 10.2 Å². The number of nitrogens with zero attached hydrogens (tertiary/aromatic N) is 1. The molecule has 0 aromatic carbocycles. The summed E-state index contributed by atoms with van der Waals surface area (Å²) in [5.74, 6) is 2.27. The van der Waals surface area contributed by atoms with E-state index in [1.807, 2.05) is 18.7 Å². The lowest BCUT2D eigenvalue weighted by Crippen LogP contribution is -2.46. The lowest BCUT2D eigenvalue weighted by atomic mass is 10.2. The minimum Gasteiger partial charge on any atom is -0.395 e. The molecule has 0 aliphatic carbocycles. The normalized spacial score (nSPS) is 12.2. The summed E-state index contributed by atoms with van der Waals surface area (Å²) in [4.78, 5) is 13.5. The molecule has 1 unspecified atom stereocenters. The van der Waals surface area contributed by atoms with Gasteiger partial charge in [0.05, 0.1) is 19.2 Å². The van der Waals surface area contributed by atoms with E-state index in [2.05, 4.69) is 11.2 Å². The van der Waals surface area contributed by atoms with Crippen molar-refractivity contribution >= 4 is 5.91 Å². The van der Waals surface area contributed by atoms with Crippen molar-refractivity contribution in [3.8, 4) is 12.3 Å².